The van der Waals surface area contributed by atoms with Gasteiger partial charge in [-0.15, -0.1) is 24.8 Å². The lowest BCUT2D eigenvalue weighted by molar-refractivity contribution is 0.828. The number of nitrogens with zero attached hydrogens (tertiary/aromatic N) is 2. The van der Waals surface area contributed by atoms with Crippen molar-refractivity contribution in [3.05, 3.63) is 35.4 Å². The topological polar surface area (TPSA) is 89.8 Å². The van der Waals surface area contributed by atoms with Gasteiger partial charge < -0.3 is 16.8 Å². The van der Waals surface area contributed by atoms with E-state index in [1.54, 1.807) is 0 Å². The molecule has 0 saturated carbocycles. The number of anilines is 2. The highest BCUT2D eigenvalue weighted by molar-refractivity contribution is 5.85. The quantitative estimate of drug-likeness (QED) is 0.797. The summed E-state index contributed by atoms with van der Waals surface area (Å²) in [7, 11) is 0. The first-order chi connectivity index (χ1) is 9.79. The number of hydrogen-bond acceptors (Lipinski definition) is 5. The molecule has 0 fully saturated rings. The molecule has 1 aromatic carbocycles. The van der Waals surface area contributed by atoms with Gasteiger partial charge in [-0.3, -0.25) is 0 Å². The zero-order chi connectivity index (χ0) is 13.9. The highest BCUT2D eigenvalue weighted by Crippen LogP contribution is 2.34. The Bertz CT molecular complexity index is 633. The van der Waals surface area contributed by atoms with Gasteiger partial charge >= 0.3 is 0 Å². The minimum absolute atomic E-state index is 0. The van der Waals surface area contributed by atoms with Crippen LogP contribution < -0.4 is 16.8 Å². The van der Waals surface area contributed by atoms with E-state index in [1.807, 2.05) is 6.07 Å². The number of aromatic nitrogens is 2. The third-order valence-corrected chi connectivity index (χ3v) is 3.61. The number of nitrogens with one attached hydrogen (secondary N) is 1. The van der Waals surface area contributed by atoms with E-state index in [0.29, 0.717) is 19.0 Å². The molecule has 5 nitrogen and oxygen atoms in total. The van der Waals surface area contributed by atoms with Crippen molar-refractivity contribution in [2.75, 3.05) is 24.1 Å². The Morgan fingerprint density at radius 1 is 1.09 bits per heavy atom. The number of benzene rings is 1. The van der Waals surface area contributed by atoms with Crippen molar-refractivity contribution in [3.63, 3.8) is 0 Å². The van der Waals surface area contributed by atoms with Crippen molar-refractivity contribution in [1.82, 2.24) is 9.97 Å². The molecule has 1 heterocycles. The zero-order valence-corrected chi connectivity index (χ0v) is 13.8. The van der Waals surface area contributed by atoms with Crippen LogP contribution in [0.4, 0.5) is 11.8 Å². The predicted molar refractivity (Wildman–Crippen MR) is 95.9 cm³/mol. The van der Waals surface area contributed by atoms with Crippen LogP contribution >= 0.6 is 24.8 Å². The number of fused-ring (bicyclic) bond motifs is 3. The number of aryl methyl sites for hydroxylation is 1. The Morgan fingerprint density at radius 3 is 2.64 bits per heavy atom. The van der Waals surface area contributed by atoms with Crippen molar-refractivity contribution >= 4 is 36.6 Å². The maximum absolute atomic E-state index is 5.87. The fourth-order valence-corrected chi connectivity index (χ4v) is 2.72. The van der Waals surface area contributed by atoms with E-state index in [9.17, 15) is 0 Å². The molecule has 1 aromatic heterocycles. The second-order valence-corrected chi connectivity index (χ2v) is 4.98. The van der Waals surface area contributed by atoms with Gasteiger partial charge in [0.2, 0.25) is 5.95 Å². The van der Waals surface area contributed by atoms with E-state index in [0.717, 1.165) is 36.3 Å². The molecule has 1 aliphatic carbocycles. The van der Waals surface area contributed by atoms with Gasteiger partial charge in [-0.25, -0.2) is 4.98 Å². The monoisotopic (exact) mass is 341 g/mol. The lowest BCUT2D eigenvalue weighted by Gasteiger charge is -2.14. The molecule has 0 amide bonds. The normalized spacial score (nSPS) is 12.0. The summed E-state index contributed by atoms with van der Waals surface area (Å²) in [5.74, 6) is 1.13. The Kier molecular flexibility index (Phi) is 6.87. The van der Waals surface area contributed by atoms with Crippen molar-refractivity contribution in [1.29, 1.82) is 0 Å². The van der Waals surface area contributed by atoms with Crippen LogP contribution in [-0.4, -0.2) is 23.1 Å². The maximum atomic E-state index is 5.87. The van der Waals surface area contributed by atoms with Gasteiger partial charge in [0.05, 0.1) is 5.69 Å². The minimum Gasteiger partial charge on any atom is -0.368 e. The third-order valence-electron chi connectivity index (χ3n) is 3.61. The van der Waals surface area contributed by atoms with Crippen LogP contribution in [0.5, 0.6) is 0 Å². The van der Waals surface area contributed by atoms with E-state index < -0.39 is 0 Å². The van der Waals surface area contributed by atoms with Crippen molar-refractivity contribution in [2.24, 2.45) is 5.73 Å². The fourth-order valence-electron chi connectivity index (χ4n) is 2.72. The van der Waals surface area contributed by atoms with Gasteiger partial charge in [-0.05, 0) is 24.8 Å². The molecular formula is C15H21Cl2N5. The van der Waals surface area contributed by atoms with Crippen LogP contribution in [0.1, 0.15) is 17.5 Å². The van der Waals surface area contributed by atoms with E-state index in [2.05, 4.69) is 33.5 Å². The Hall–Kier alpha value is -1.56. The summed E-state index contributed by atoms with van der Waals surface area (Å²) in [4.78, 5) is 8.82. The van der Waals surface area contributed by atoms with Crippen LogP contribution in [0.2, 0.25) is 0 Å². The molecule has 0 aliphatic heterocycles. The van der Waals surface area contributed by atoms with E-state index >= 15 is 0 Å². The molecule has 0 atom stereocenters. The van der Waals surface area contributed by atoms with Gasteiger partial charge in [0.1, 0.15) is 5.82 Å². The predicted octanol–water partition coefficient (Wildman–Crippen LogP) is 2.43. The van der Waals surface area contributed by atoms with Gasteiger partial charge in [0, 0.05) is 24.2 Å². The zero-order valence-electron chi connectivity index (χ0n) is 12.2. The first-order valence-electron chi connectivity index (χ1n) is 6.98. The minimum atomic E-state index is 0. The summed E-state index contributed by atoms with van der Waals surface area (Å²) < 4.78 is 0. The number of nitrogens with two attached hydrogens (primary N) is 2. The average Bonchev–Trinajstić information content (AvgIpc) is 2.64. The molecule has 0 bridgehead atoms. The maximum Gasteiger partial charge on any atom is 0.222 e. The summed E-state index contributed by atoms with van der Waals surface area (Å²) in [5, 5.41) is 3.27. The fraction of sp³-hybridized carbons (Fsp3) is 0.333. The summed E-state index contributed by atoms with van der Waals surface area (Å²) in [6, 6.07) is 8.38. The van der Waals surface area contributed by atoms with Crippen LogP contribution in [0.15, 0.2) is 24.3 Å². The molecule has 0 radical (unpaired) electrons. The molecular weight excluding hydrogens is 321 g/mol. The molecule has 2 aromatic rings. The van der Waals surface area contributed by atoms with Crippen molar-refractivity contribution in [3.8, 4) is 11.3 Å². The van der Waals surface area contributed by atoms with Crippen LogP contribution in [-0.2, 0) is 12.8 Å². The second kappa shape index (κ2) is 8.17. The van der Waals surface area contributed by atoms with Crippen LogP contribution in [0.25, 0.3) is 11.3 Å². The lowest BCUT2D eigenvalue weighted by Crippen LogP contribution is -2.16. The molecule has 5 N–H and O–H groups in total. The average molecular weight is 342 g/mol. The van der Waals surface area contributed by atoms with Crippen LogP contribution in [0.3, 0.4) is 0 Å². The number of halogens is 2. The molecule has 0 spiro atoms. The summed E-state index contributed by atoms with van der Waals surface area (Å²) >= 11 is 0. The van der Waals surface area contributed by atoms with E-state index in [1.165, 1.54) is 11.1 Å². The van der Waals surface area contributed by atoms with Crippen LogP contribution in [0, 0.1) is 0 Å². The second-order valence-electron chi connectivity index (χ2n) is 4.98. The number of rotatable bonds is 3. The molecule has 120 valence electrons. The first-order valence-corrected chi connectivity index (χ1v) is 6.98. The third kappa shape index (κ3) is 3.61. The largest absolute Gasteiger partial charge is 0.368 e. The van der Waals surface area contributed by atoms with E-state index in [4.69, 9.17) is 11.5 Å². The summed E-state index contributed by atoms with van der Waals surface area (Å²) in [6.07, 6.45) is 3.11. The van der Waals surface area contributed by atoms with Gasteiger partial charge in [-0.1, -0.05) is 24.3 Å². The molecule has 7 heteroatoms. The van der Waals surface area contributed by atoms with E-state index in [-0.39, 0.29) is 24.8 Å². The van der Waals surface area contributed by atoms with Crippen molar-refractivity contribution in [2.45, 2.75) is 19.3 Å². The Labute approximate surface area is 142 Å². The molecule has 3 rings (SSSR count). The summed E-state index contributed by atoms with van der Waals surface area (Å²) in [5.41, 5.74) is 16.0. The van der Waals surface area contributed by atoms with Gasteiger partial charge in [0.25, 0.3) is 0 Å². The highest BCUT2D eigenvalue weighted by atomic mass is 35.5. The number of hydrogen-bond donors (Lipinski definition) is 3. The molecule has 1 aliphatic rings. The van der Waals surface area contributed by atoms with Gasteiger partial charge in [0.15, 0.2) is 0 Å². The number of nitrogen functional groups attached to an aromatic ring is 1. The highest BCUT2D eigenvalue weighted by Gasteiger charge is 2.19. The van der Waals surface area contributed by atoms with Gasteiger partial charge in [-0.2, -0.15) is 4.98 Å². The molecule has 0 saturated heterocycles. The smallest absolute Gasteiger partial charge is 0.222 e. The standard InChI is InChI=1S/C15H19N5.2ClH/c16-8-9-18-14-12-7-3-5-10-4-1-2-6-11(10)13(12)19-15(17)20-14;;/h1-2,4,6H,3,5,7-9,16H2,(H3,17,18,19,20);2*1H. The Balaban J connectivity index is 0.00000121. The SMILES string of the molecule is Cl.Cl.NCCNc1nc(N)nc2c1CCCc1ccccc1-2. The molecule has 0 unspecified atom stereocenters. The summed E-state index contributed by atoms with van der Waals surface area (Å²) in [6.45, 7) is 1.25. The van der Waals surface area contributed by atoms with Crippen molar-refractivity contribution < 1.29 is 0 Å². The molecule has 22 heavy (non-hydrogen) atoms. The first kappa shape index (κ1) is 18.5. The Morgan fingerprint density at radius 2 is 1.86 bits per heavy atom. The lowest BCUT2D eigenvalue weighted by atomic mass is 10.0.